The van der Waals surface area contributed by atoms with Crippen LogP contribution in [0.3, 0.4) is 0 Å². The highest BCUT2D eigenvalue weighted by molar-refractivity contribution is 7.11. The van der Waals surface area contributed by atoms with Crippen LogP contribution in [0.4, 0.5) is 0 Å². The second kappa shape index (κ2) is 5.73. The van der Waals surface area contributed by atoms with Gasteiger partial charge >= 0.3 is 0 Å². The molecule has 1 N–H and O–H groups in total. The summed E-state index contributed by atoms with van der Waals surface area (Å²) in [7, 11) is 0. The first-order valence-corrected chi connectivity index (χ1v) is 6.75. The Morgan fingerprint density at radius 3 is 2.38 bits per heavy atom. The van der Waals surface area contributed by atoms with Gasteiger partial charge in [-0.1, -0.05) is 13.8 Å². The average molecular weight is 241 g/mol. The molecule has 0 aliphatic heterocycles. The smallest absolute Gasteiger partial charge is 0.131 e. The SMILES string of the molecule is CC(C)CCc1nnc(CNC(C)(C)C)s1. The third kappa shape index (κ3) is 5.56. The van der Waals surface area contributed by atoms with Crippen LogP contribution < -0.4 is 5.32 Å². The molecule has 0 aliphatic rings. The van der Waals surface area contributed by atoms with Crippen LogP contribution in [0.2, 0.25) is 0 Å². The van der Waals surface area contributed by atoms with Crippen LogP contribution in [0.15, 0.2) is 0 Å². The third-order valence-electron chi connectivity index (χ3n) is 2.21. The molecule has 1 rings (SSSR count). The lowest BCUT2D eigenvalue weighted by Crippen LogP contribution is -2.35. The van der Waals surface area contributed by atoms with E-state index in [-0.39, 0.29) is 5.54 Å². The standard InChI is InChI=1S/C12H23N3S/c1-9(2)6-7-10-14-15-11(16-10)8-13-12(3,4)5/h9,13H,6-8H2,1-5H3. The molecule has 0 fully saturated rings. The van der Waals surface area contributed by atoms with Gasteiger partial charge in [0.1, 0.15) is 10.0 Å². The van der Waals surface area contributed by atoms with Gasteiger partial charge in [0, 0.05) is 12.0 Å². The van der Waals surface area contributed by atoms with Crippen LogP contribution in [0.5, 0.6) is 0 Å². The van der Waals surface area contributed by atoms with Crippen molar-refractivity contribution in [2.24, 2.45) is 5.92 Å². The van der Waals surface area contributed by atoms with E-state index in [4.69, 9.17) is 0 Å². The van der Waals surface area contributed by atoms with E-state index in [9.17, 15) is 0 Å². The van der Waals surface area contributed by atoms with Crippen molar-refractivity contribution in [3.8, 4) is 0 Å². The van der Waals surface area contributed by atoms with E-state index in [0.29, 0.717) is 0 Å². The molecular formula is C12H23N3S. The molecule has 0 amide bonds. The molecule has 16 heavy (non-hydrogen) atoms. The predicted octanol–water partition coefficient (Wildman–Crippen LogP) is 3.01. The largest absolute Gasteiger partial charge is 0.306 e. The Hall–Kier alpha value is -0.480. The molecular weight excluding hydrogens is 218 g/mol. The van der Waals surface area contributed by atoms with Crippen LogP contribution in [-0.2, 0) is 13.0 Å². The maximum atomic E-state index is 4.22. The van der Waals surface area contributed by atoms with E-state index in [1.54, 1.807) is 11.3 Å². The van der Waals surface area contributed by atoms with E-state index in [0.717, 1.165) is 23.9 Å². The molecule has 0 spiro atoms. The van der Waals surface area contributed by atoms with Crippen molar-refractivity contribution >= 4 is 11.3 Å². The summed E-state index contributed by atoms with van der Waals surface area (Å²) in [6, 6.07) is 0. The van der Waals surface area contributed by atoms with E-state index in [2.05, 4.69) is 50.1 Å². The van der Waals surface area contributed by atoms with Crippen LogP contribution in [0.1, 0.15) is 51.1 Å². The van der Waals surface area contributed by atoms with Gasteiger partial charge in [-0.15, -0.1) is 21.5 Å². The number of nitrogens with one attached hydrogen (secondary N) is 1. The molecule has 0 bridgehead atoms. The normalized spacial score (nSPS) is 12.4. The first kappa shape index (κ1) is 13.6. The zero-order valence-electron chi connectivity index (χ0n) is 11.0. The van der Waals surface area contributed by atoms with Crippen molar-refractivity contribution in [2.75, 3.05) is 0 Å². The van der Waals surface area contributed by atoms with Gasteiger partial charge in [-0.05, 0) is 33.1 Å². The molecule has 4 heteroatoms. The molecule has 3 nitrogen and oxygen atoms in total. The van der Waals surface area contributed by atoms with Crippen molar-refractivity contribution in [3.63, 3.8) is 0 Å². The van der Waals surface area contributed by atoms with Gasteiger partial charge in [-0.2, -0.15) is 0 Å². The second-order valence-corrected chi connectivity index (χ2v) is 6.77. The molecule has 1 aromatic heterocycles. The van der Waals surface area contributed by atoms with Crippen LogP contribution >= 0.6 is 11.3 Å². The average Bonchev–Trinajstić information content (AvgIpc) is 2.58. The van der Waals surface area contributed by atoms with Crippen molar-refractivity contribution in [3.05, 3.63) is 10.0 Å². The van der Waals surface area contributed by atoms with Gasteiger partial charge in [0.15, 0.2) is 0 Å². The van der Waals surface area contributed by atoms with Gasteiger partial charge in [0.25, 0.3) is 0 Å². The highest BCUT2D eigenvalue weighted by atomic mass is 32.1. The first-order valence-electron chi connectivity index (χ1n) is 5.93. The van der Waals surface area contributed by atoms with E-state index in [1.807, 2.05) is 0 Å². The minimum absolute atomic E-state index is 0.143. The van der Waals surface area contributed by atoms with Crippen molar-refractivity contribution in [1.82, 2.24) is 15.5 Å². The van der Waals surface area contributed by atoms with Crippen molar-refractivity contribution < 1.29 is 0 Å². The predicted molar refractivity (Wildman–Crippen MR) is 69.7 cm³/mol. The number of nitrogens with zero attached hydrogens (tertiary/aromatic N) is 2. The number of hydrogen-bond acceptors (Lipinski definition) is 4. The fraction of sp³-hybridized carbons (Fsp3) is 0.833. The molecule has 0 radical (unpaired) electrons. The first-order chi connectivity index (χ1) is 7.37. The summed E-state index contributed by atoms with van der Waals surface area (Å²) in [5.41, 5.74) is 0.143. The van der Waals surface area contributed by atoms with Gasteiger partial charge in [0.2, 0.25) is 0 Å². The molecule has 0 atom stereocenters. The lowest BCUT2D eigenvalue weighted by atomic mass is 10.1. The molecule has 0 aromatic carbocycles. The Labute approximate surface area is 103 Å². The highest BCUT2D eigenvalue weighted by Gasteiger charge is 2.11. The Morgan fingerprint density at radius 1 is 1.19 bits per heavy atom. The molecule has 1 heterocycles. The molecule has 0 unspecified atom stereocenters. The highest BCUT2D eigenvalue weighted by Crippen LogP contribution is 2.14. The van der Waals surface area contributed by atoms with Crippen molar-refractivity contribution in [1.29, 1.82) is 0 Å². The van der Waals surface area contributed by atoms with Gasteiger partial charge in [0.05, 0.1) is 6.54 Å². The van der Waals surface area contributed by atoms with Crippen LogP contribution in [-0.4, -0.2) is 15.7 Å². The number of hydrogen-bond donors (Lipinski definition) is 1. The fourth-order valence-corrected chi connectivity index (χ4v) is 2.01. The van der Waals surface area contributed by atoms with Crippen LogP contribution in [0, 0.1) is 5.92 Å². The Morgan fingerprint density at radius 2 is 1.81 bits per heavy atom. The maximum Gasteiger partial charge on any atom is 0.131 e. The molecule has 92 valence electrons. The quantitative estimate of drug-likeness (QED) is 0.861. The summed E-state index contributed by atoms with van der Waals surface area (Å²) in [4.78, 5) is 0. The summed E-state index contributed by atoms with van der Waals surface area (Å²) < 4.78 is 0. The topological polar surface area (TPSA) is 37.8 Å². The minimum Gasteiger partial charge on any atom is -0.306 e. The lowest BCUT2D eigenvalue weighted by Gasteiger charge is -2.19. The molecule has 0 aliphatic carbocycles. The molecule has 0 saturated heterocycles. The monoisotopic (exact) mass is 241 g/mol. The summed E-state index contributed by atoms with van der Waals surface area (Å²) in [6.07, 6.45) is 2.26. The number of rotatable bonds is 5. The second-order valence-electron chi connectivity index (χ2n) is 5.63. The maximum absolute atomic E-state index is 4.22. The molecule has 0 saturated carbocycles. The zero-order chi connectivity index (χ0) is 12.2. The summed E-state index contributed by atoms with van der Waals surface area (Å²) >= 11 is 1.73. The van der Waals surface area contributed by atoms with E-state index < -0.39 is 0 Å². The number of aromatic nitrogens is 2. The Balaban J connectivity index is 2.39. The van der Waals surface area contributed by atoms with E-state index >= 15 is 0 Å². The zero-order valence-corrected chi connectivity index (χ0v) is 11.8. The van der Waals surface area contributed by atoms with Gasteiger partial charge < -0.3 is 5.32 Å². The van der Waals surface area contributed by atoms with Crippen LogP contribution in [0.25, 0.3) is 0 Å². The fourth-order valence-electron chi connectivity index (χ4n) is 1.21. The summed E-state index contributed by atoms with van der Waals surface area (Å²) in [5, 5.41) is 14.1. The third-order valence-corrected chi connectivity index (χ3v) is 3.20. The summed E-state index contributed by atoms with van der Waals surface area (Å²) in [5.74, 6) is 0.736. The van der Waals surface area contributed by atoms with Gasteiger partial charge in [-0.3, -0.25) is 0 Å². The molecule has 1 aromatic rings. The Bertz CT molecular complexity index is 312. The van der Waals surface area contributed by atoms with Gasteiger partial charge in [-0.25, -0.2) is 0 Å². The lowest BCUT2D eigenvalue weighted by molar-refractivity contribution is 0.423. The minimum atomic E-state index is 0.143. The summed E-state index contributed by atoms with van der Waals surface area (Å²) in [6.45, 7) is 11.8. The number of aryl methyl sites for hydroxylation is 1. The van der Waals surface area contributed by atoms with E-state index in [1.165, 1.54) is 11.4 Å². The van der Waals surface area contributed by atoms with Crippen molar-refractivity contribution in [2.45, 2.75) is 59.5 Å². The Kier molecular flexibility index (Phi) is 4.87.